The van der Waals surface area contributed by atoms with Gasteiger partial charge in [-0.3, -0.25) is 0 Å². The molecule has 5 rings (SSSR count). The van der Waals surface area contributed by atoms with Crippen LogP contribution in [-0.4, -0.2) is 4.57 Å². The van der Waals surface area contributed by atoms with Crippen molar-refractivity contribution in [1.29, 1.82) is 0 Å². The van der Waals surface area contributed by atoms with Gasteiger partial charge in [0, 0.05) is 26.5 Å². The van der Waals surface area contributed by atoms with Crippen molar-refractivity contribution >= 4 is 26.9 Å². The molecule has 3 nitrogen and oxygen atoms in total. The minimum Gasteiger partial charge on any atom is -1.00 e. The molecular weight excluding hydrogens is 504 g/mol. The third-order valence-corrected chi connectivity index (χ3v) is 5.91. The number of aromatic nitrogens is 2. The molecule has 2 heterocycles. The molecule has 0 aliphatic rings. The van der Waals surface area contributed by atoms with Gasteiger partial charge in [-0.05, 0) is 12.1 Å². The Kier molecular flexibility index (Phi) is 6.21. The fourth-order valence-corrected chi connectivity index (χ4v) is 4.12. The molecule has 0 atom stereocenters. The molecule has 150 valence electrons. The van der Waals surface area contributed by atoms with E-state index in [1.807, 2.05) is 36.4 Å². The quantitative estimate of drug-likeness (QED) is 0.324. The van der Waals surface area contributed by atoms with Gasteiger partial charge in [0.05, 0.1) is 0 Å². The molecule has 0 unspecified atom stereocenters. The van der Waals surface area contributed by atoms with Gasteiger partial charge in [-0.25, -0.2) is 9.13 Å². The van der Waals surface area contributed by atoms with Gasteiger partial charge in [0.1, 0.15) is 36.8 Å². The van der Waals surface area contributed by atoms with Crippen LogP contribution in [0.4, 0.5) is 0 Å². The van der Waals surface area contributed by atoms with Crippen LogP contribution in [0.1, 0.15) is 11.1 Å². The van der Waals surface area contributed by atoms with Gasteiger partial charge in [-0.15, -0.1) is 0 Å². The second-order valence-electron chi connectivity index (χ2n) is 7.12. The standard InChI is InChI=1S/C25H20BrN2O.BrH/c26-23-12-6-4-10-20(23)16-27-14-15-28(18-27)17-22-21-11-5-7-13-24(21)29-25(22)19-8-2-1-3-9-19;/h1-15,18H,16-17H2;1H/q+1;/p-1. The second kappa shape index (κ2) is 9.02. The maximum atomic E-state index is 6.25. The Morgan fingerprint density at radius 1 is 0.867 bits per heavy atom. The van der Waals surface area contributed by atoms with Crippen LogP contribution in [0.25, 0.3) is 22.3 Å². The third kappa shape index (κ3) is 4.13. The summed E-state index contributed by atoms with van der Waals surface area (Å²) >= 11 is 3.64. The van der Waals surface area contributed by atoms with Crippen molar-refractivity contribution in [3.05, 3.63) is 113 Å². The Morgan fingerprint density at radius 3 is 2.43 bits per heavy atom. The lowest BCUT2D eigenvalue weighted by Crippen LogP contribution is -3.00. The molecule has 0 radical (unpaired) electrons. The van der Waals surface area contributed by atoms with E-state index >= 15 is 0 Å². The summed E-state index contributed by atoms with van der Waals surface area (Å²) in [5.74, 6) is 0.942. The van der Waals surface area contributed by atoms with E-state index in [0.29, 0.717) is 0 Å². The molecule has 0 aliphatic heterocycles. The van der Waals surface area contributed by atoms with Crippen LogP contribution in [0.5, 0.6) is 0 Å². The van der Waals surface area contributed by atoms with E-state index in [4.69, 9.17) is 4.42 Å². The number of hydrogen-bond donors (Lipinski definition) is 0. The van der Waals surface area contributed by atoms with Crippen LogP contribution in [0.15, 0.2) is 106 Å². The zero-order valence-electron chi connectivity index (χ0n) is 16.2. The van der Waals surface area contributed by atoms with E-state index in [1.165, 1.54) is 11.1 Å². The van der Waals surface area contributed by atoms with Crippen molar-refractivity contribution in [2.45, 2.75) is 13.1 Å². The molecule has 30 heavy (non-hydrogen) atoms. The summed E-state index contributed by atoms with van der Waals surface area (Å²) in [5, 5.41) is 1.16. The smallest absolute Gasteiger partial charge is 0.244 e. The lowest BCUT2D eigenvalue weighted by Gasteiger charge is -2.02. The highest BCUT2D eigenvalue weighted by molar-refractivity contribution is 9.10. The van der Waals surface area contributed by atoms with Gasteiger partial charge in [0.2, 0.25) is 6.33 Å². The first kappa shape index (κ1) is 20.6. The van der Waals surface area contributed by atoms with E-state index in [9.17, 15) is 0 Å². The zero-order chi connectivity index (χ0) is 19.6. The second-order valence-corrected chi connectivity index (χ2v) is 7.98. The number of furan rings is 1. The highest BCUT2D eigenvalue weighted by atomic mass is 79.9. The van der Waals surface area contributed by atoms with Crippen LogP contribution in [0, 0.1) is 0 Å². The van der Waals surface area contributed by atoms with Crippen molar-refractivity contribution in [1.82, 2.24) is 4.57 Å². The predicted octanol–water partition coefficient (Wildman–Crippen LogP) is 3.05. The van der Waals surface area contributed by atoms with Gasteiger partial charge in [0.15, 0.2) is 0 Å². The molecule has 5 aromatic rings. The van der Waals surface area contributed by atoms with Crippen LogP contribution in [-0.2, 0) is 13.1 Å². The van der Waals surface area contributed by atoms with Crippen LogP contribution in [0.2, 0.25) is 0 Å². The molecule has 0 saturated heterocycles. The molecule has 0 saturated carbocycles. The SMILES string of the molecule is Brc1ccccc1C[n+]1ccn(Cc2c(-c3ccccc3)oc3ccccc23)c1.[Br-]. The van der Waals surface area contributed by atoms with E-state index in [1.54, 1.807) is 0 Å². The monoisotopic (exact) mass is 522 g/mol. The molecule has 0 fully saturated rings. The Balaban J connectivity index is 0.00000218. The third-order valence-electron chi connectivity index (χ3n) is 5.13. The van der Waals surface area contributed by atoms with Crippen molar-refractivity contribution < 1.29 is 26.0 Å². The van der Waals surface area contributed by atoms with Crippen LogP contribution >= 0.6 is 15.9 Å². The van der Waals surface area contributed by atoms with Gasteiger partial charge in [0.25, 0.3) is 0 Å². The van der Waals surface area contributed by atoms with E-state index in [2.05, 4.69) is 86.2 Å². The highest BCUT2D eigenvalue weighted by Gasteiger charge is 2.18. The Labute approximate surface area is 194 Å². The molecule has 0 N–H and O–H groups in total. The van der Waals surface area contributed by atoms with Crippen molar-refractivity contribution in [2.75, 3.05) is 0 Å². The summed E-state index contributed by atoms with van der Waals surface area (Å²) in [5.41, 5.74) is 4.49. The number of nitrogens with zero attached hydrogens (tertiary/aromatic N) is 2. The number of fused-ring (bicyclic) bond motifs is 1. The fraction of sp³-hybridized carbons (Fsp3) is 0.0800. The Hall–Kier alpha value is -2.63. The first-order valence-corrected chi connectivity index (χ1v) is 10.4. The average molecular weight is 524 g/mol. The normalized spacial score (nSPS) is 10.8. The molecule has 0 spiro atoms. The van der Waals surface area contributed by atoms with Gasteiger partial charge in [-0.2, -0.15) is 0 Å². The molecule has 3 aromatic carbocycles. The molecule has 0 bridgehead atoms. The summed E-state index contributed by atoms with van der Waals surface area (Å²) in [6, 6.07) is 26.9. The van der Waals surface area contributed by atoms with E-state index < -0.39 is 0 Å². The van der Waals surface area contributed by atoms with Crippen molar-refractivity contribution in [2.24, 2.45) is 0 Å². The van der Waals surface area contributed by atoms with Gasteiger partial charge >= 0.3 is 0 Å². The van der Waals surface area contributed by atoms with Crippen LogP contribution in [0.3, 0.4) is 0 Å². The van der Waals surface area contributed by atoms with Crippen molar-refractivity contribution in [3.8, 4) is 11.3 Å². The Morgan fingerprint density at radius 2 is 1.60 bits per heavy atom. The summed E-state index contributed by atoms with van der Waals surface area (Å²) in [4.78, 5) is 0. The summed E-state index contributed by atoms with van der Waals surface area (Å²) in [6.07, 6.45) is 6.38. The minimum absolute atomic E-state index is 0. The number of rotatable bonds is 5. The lowest BCUT2D eigenvalue weighted by molar-refractivity contribution is -0.687. The van der Waals surface area contributed by atoms with Crippen molar-refractivity contribution in [3.63, 3.8) is 0 Å². The summed E-state index contributed by atoms with van der Waals surface area (Å²) in [7, 11) is 0. The summed E-state index contributed by atoms with van der Waals surface area (Å²) in [6.45, 7) is 1.58. The number of imidazole rings is 1. The average Bonchev–Trinajstić information content (AvgIpc) is 3.35. The number of para-hydroxylation sites is 1. The van der Waals surface area contributed by atoms with Gasteiger partial charge in [-0.1, -0.05) is 82.7 Å². The lowest BCUT2D eigenvalue weighted by atomic mass is 10.1. The van der Waals surface area contributed by atoms with E-state index in [0.717, 1.165) is 39.9 Å². The van der Waals surface area contributed by atoms with E-state index in [-0.39, 0.29) is 17.0 Å². The molecule has 2 aromatic heterocycles. The van der Waals surface area contributed by atoms with Gasteiger partial charge < -0.3 is 21.4 Å². The zero-order valence-corrected chi connectivity index (χ0v) is 19.4. The maximum Gasteiger partial charge on any atom is 0.244 e. The number of hydrogen-bond acceptors (Lipinski definition) is 1. The van der Waals surface area contributed by atoms with Crippen LogP contribution < -0.4 is 21.5 Å². The number of halogens is 2. The molecule has 0 amide bonds. The molecule has 5 heteroatoms. The molecule has 0 aliphatic carbocycles. The first-order chi connectivity index (χ1) is 14.3. The minimum atomic E-state index is 0. The Bertz CT molecular complexity index is 1270. The maximum absolute atomic E-state index is 6.25. The first-order valence-electron chi connectivity index (χ1n) is 9.62. The largest absolute Gasteiger partial charge is 1.00 e. The fourth-order valence-electron chi connectivity index (χ4n) is 3.71. The topological polar surface area (TPSA) is 21.9 Å². The summed E-state index contributed by atoms with van der Waals surface area (Å²) < 4.78 is 11.8. The number of benzene rings is 3. The predicted molar refractivity (Wildman–Crippen MR) is 119 cm³/mol. The highest BCUT2D eigenvalue weighted by Crippen LogP contribution is 2.34. The molecular formula is C25H20Br2N2O.